The van der Waals surface area contributed by atoms with E-state index in [2.05, 4.69) is 10.2 Å². The molecule has 3 aromatic rings. The predicted molar refractivity (Wildman–Crippen MR) is 106 cm³/mol. The molecule has 1 saturated heterocycles. The van der Waals surface area contributed by atoms with Crippen molar-refractivity contribution in [2.45, 2.75) is 17.3 Å². The lowest BCUT2D eigenvalue weighted by molar-refractivity contribution is 0.122. The van der Waals surface area contributed by atoms with Crippen LogP contribution in [0.4, 0.5) is 5.95 Å². The van der Waals surface area contributed by atoms with E-state index in [1.165, 1.54) is 0 Å². The summed E-state index contributed by atoms with van der Waals surface area (Å²) in [5.41, 5.74) is 1.44. The zero-order valence-electron chi connectivity index (χ0n) is 15.6. The molecule has 146 valence electrons. The van der Waals surface area contributed by atoms with Gasteiger partial charge in [-0.25, -0.2) is 8.42 Å². The highest BCUT2D eigenvalue weighted by Crippen LogP contribution is 2.31. The fraction of sp³-hybridized carbons (Fsp3) is 0.300. The van der Waals surface area contributed by atoms with Gasteiger partial charge in [0.25, 0.3) is 5.16 Å². The fourth-order valence-electron chi connectivity index (χ4n) is 3.28. The Morgan fingerprint density at radius 3 is 2.18 bits per heavy atom. The second-order valence-corrected chi connectivity index (χ2v) is 8.81. The molecule has 28 heavy (non-hydrogen) atoms. The summed E-state index contributed by atoms with van der Waals surface area (Å²) in [6, 6.07) is 18.5. The zero-order valence-corrected chi connectivity index (χ0v) is 16.4. The summed E-state index contributed by atoms with van der Waals surface area (Å²) >= 11 is 0. The van der Waals surface area contributed by atoms with Crippen molar-refractivity contribution >= 4 is 15.8 Å². The summed E-state index contributed by atoms with van der Waals surface area (Å²) < 4.78 is 34.0. The number of hydrogen-bond acceptors (Lipinski definition) is 6. The van der Waals surface area contributed by atoms with Gasteiger partial charge in [-0.3, -0.25) is 4.57 Å². The molecule has 8 heteroatoms. The van der Waals surface area contributed by atoms with Gasteiger partial charge >= 0.3 is 0 Å². The monoisotopic (exact) mass is 398 g/mol. The molecule has 0 saturated carbocycles. The molecule has 1 fully saturated rings. The van der Waals surface area contributed by atoms with Crippen molar-refractivity contribution in [2.24, 2.45) is 0 Å². The average Bonchev–Trinajstić information content (AvgIpc) is 3.21. The van der Waals surface area contributed by atoms with Gasteiger partial charge in [-0.05, 0) is 24.6 Å². The quantitative estimate of drug-likeness (QED) is 0.658. The van der Waals surface area contributed by atoms with Gasteiger partial charge in [0.15, 0.2) is 0 Å². The smallest absolute Gasteiger partial charge is 0.256 e. The van der Waals surface area contributed by atoms with E-state index in [1.807, 2.05) is 65.6 Å². The lowest BCUT2D eigenvalue weighted by atomic mass is 10.2. The Morgan fingerprint density at radius 1 is 0.929 bits per heavy atom. The molecular weight excluding hydrogens is 376 g/mol. The molecule has 0 aliphatic carbocycles. The number of sulfone groups is 1. The van der Waals surface area contributed by atoms with E-state index in [4.69, 9.17) is 4.74 Å². The molecule has 1 atom stereocenters. The highest BCUT2D eigenvalue weighted by molar-refractivity contribution is 7.91. The minimum absolute atomic E-state index is 0.0449. The van der Waals surface area contributed by atoms with Gasteiger partial charge in [-0.2, -0.15) is 0 Å². The normalized spacial score (nSPS) is 16.1. The summed E-state index contributed by atoms with van der Waals surface area (Å²) in [7, 11) is -3.76. The van der Waals surface area contributed by atoms with Crippen LogP contribution in [0.1, 0.15) is 17.7 Å². The minimum Gasteiger partial charge on any atom is -0.378 e. The maximum absolute atomic E-state index is 13.5. The molecule has 0 amide bonds. The van der Waals surface area contributed by atoms with Crippen LogP contribution in [0.3, 0.4) is 0 Å². The Labute approximate surface area is 164 Å². The van der Waals surface area contributed by atoms with Crippen molar-refractivity contribution < 1.29 is 13.2 Å². The fourth-order valence-corrected chi connectivity index (χ4v) is 4.71. The zero-order chi connectivity index (χ0) is 19.6. The van der Waals surface area contributed by atoms with Crippen molar-refractivity contribution in [1.29, 1.82) is 0 Å². The lowest BCUT2D eigenvalue weighted by Crippen LogP contribution is -2.38. The van der Waals surface area contributed by atoms with E-state index in [0.29, 0.717) is 37.9 Å². The van der Waals surface area contributed by atoms with E-state index >= 15 is 0 Å². The molecule has 1 aliphatic rings. The molecule has 0 radical (unpaired) electrons. The molecule has 4 rings (SSSR count). The van der Waals surface area contributed by atoms with Gasteiger partial charge in [0.1, 0.15) is 0 Å². The van der Waals surface area contributed by atoms with Crippen LogP contribution in [0, 0.1) is 0 Å². The Bertz CT molecular complexity index is 1030. The highest BCUT2D eigenvalue weighted by Gasteiger charge is 2.33. The number of ether oxygens (including phenoxy) is 1. The molecule has 7 nitrogen and oxygen atoms in total. The van der Waals surface area contributed by atoms with E-state index < -0.39 is 15.1 Å². The van der Waals surface area contributed by atoms with Crippen LogP contribution in [-0.4, -0.2) is 49.5 Å². The van der Waals surface area contributed by atoms with Crippen LogP contribution < -0.4 is 4.90 Å². The Morgan fingerprint density at radius 2 is 1.54 bits per heavy atom. The summed E-state index contributed by atoms with van der Waals surface area (Å²) in [6.07, 6.45) is 0. The van der Waals surface area contributed by atoms with Crippen molar-refractivity contribution in [2.75, 3.05) is 31.2 Å². The van der Waals surface area contributed by atoms with Crippen LogP contribution in [0.5, 0.6) is 0 Å². The highest BCUT2D eigenvalue weighted by atomic mass is 32.2. The van der Waals surface area contributed by atoms with E-state index in [1.54, 1.807) is 11.5 Å². The Balaban J connectivity index is 1.84. The molecule has 1 aromatic heterocycles. The minimum atomic E-state index is -3.76. The summed E-state index contributed by atoms with van der Waals surface area (Å²) in [5, 5.41) is 7.61. The molecular formula is C20H22N4O3S. The van der Waals surface area contributed by atoms with Gasteiger partial charge in [-0.1, -0.05) is 48.5 Å². The standard InChI is InChI=1S/C20H22N4O3S/c1-16(17-8-4-2-5-9-17)28(25,26)20-22-21-19(23-12-14-27-15-13-23)24(20)18-10-6-3-7-11-18/h2-11,16H,12-15H2,1H3. The van der Waals surface area contributed by atoms with Crippen molar-refractivity contribution in [3.63, 3.8) is 0 Å². The van der Waals surface area contributed by atoms with Crippen LogP contribution in [0.25, 0.3) is 5.69 Å². The number of aromatic nitrogens is 3. The third kappa shape index (κ3) is 3.41. The summed E-state index contributed by atoms with van der Waals surface area (Å²) in [4.78, 5) is 2.01. The molecule has 1 aliphatic heterocycles. The second-order valence-electron chi connectivity index (χ2n) is 6.65. The number of benzene rings is 2. The summed E-state index contributed by atoms with van der Waals surface area (Å²) in [6.45, 7) is 4.11. The van der Waals surface area contributed by atoms with Crippen LogP contribution in [0.15, 0.2) is 65.8 Å². The first-order chi connectivity index (χ1) is 13.6. The number of nitrogens with zero attached hydrogens (tertiary/aromatic N) is 4. The Kier molecular flexibility index (Phi) is 5.15. The van der Waals surface area contributed by atoms with Crippen molar-refractivity contribution in [3.05, 3.63) is 66.2 Å². The van der Waals surface area contributed by atoms with Crippen molar-refractivity contribution in [3.8, 4) is 5.69 Å². The predicted octanol–water partition coefficient (Wildman–Crippen LogP) is 2.64. The molecule has 1 unspecified atom stereocenters. The molecule has 0 N–H and O–H groups in total. The van der Waals surface area contributed by atoms with Gasteiger partial charge in [0.2, 0.25) is 15.8 Å². The van der Waals surface area contributed by atoms with E-state index in [-0.39, 0.29) is 5.16 Å². The largest absolute Gasteiger partial charge is 0.378 e. The number of anilines is 1. The van der Waals surface area contributed by atoms with E-state index in [0.717, 1.165) is 5.56 Å². The maximum atomic E-state index is 13.5. The molecule has 0 bridgehead atoms. The molecule has 2 heterocycles. The number of para-hydroxylation sites is 1. The van der Waals surface area contributed by atoms with Gasteiger partial charge in [0, 0.05) is 13.1 Å². The maximum Gasteiger partial charge on any atom is 0.256 e. The number of hydrogen-bond donors (Lipinski definition) is 0. The third-order valence-corrected chi connectivity index (χ3v) is 6.89. The topological polar surface area (TPSA) is 77.3 Å². The first kappa shape index (κ1) is 18.6. The summed E-state index contributed by atoms with van der Waals surface area (Å²) in [5.74, 6) is 0.522. The Hall–Kier alpha value is -2.71. The lowest BCUT2D eigenvalue weighted by Gasteiger charge is -2.28. The SMILES string of the molecule is CC(c1ccccc1)S(=O)(=O)c1nnc(N2CCOCC2)n1-c1ccccc1. The van der Waals surface area contributed by atoms with Crippen LogP contribution in [0.2, 0.25) is 0 Å². The first-order valence-electron chi connectivity index (χ1n) is 9.21. The number of morpholine rings is 1. The van der Waals surface area contributed by atoms with Crippen LogP contribution >= 0.6 is 0 Å². The van der Waals surface area contributed by atoms with E-state index in [9.17, 15) is 8.42 Å². The second kappa shape index (κ2) is 7.73. The molecule has 0 spiro atoms. The molecule has 2 aromatic carbocycles. The van der Waals surface area contributed by atoms with Crippen molar-refractivity contribution in [1.82, 2.24) is 14.8 Å². The van der Waals surface area contributed by atoms with Gasteiger partial charge in [-0.15, -0.1) is 10.2 Å². The van der Waals surface area contributed by atoms with Crippen LogP contribution in [-0.2, 0) is 14.6 Å². The number of rotatable bonds is 5. The average molecular weight is 398 g/mol. The first-order valence-corrected chi connectivity index (χ1v) is 10.8. The third-order valence-electron chi connectivity index (χ3n) is 4.91. The van der Waals surface area contributed by atoms with Gasteiger partial charge < -0.3 is 9.64 Å². The van der Waals surface area contributed by atoms with Gasteiger partial charge in [0.05, 0.1) is 24.2 Å².